The zero-order valence-corrected chi connectivity index (χ0v) is 15.5. The van der Waals surface area contributed by atoms with Crippen molar-refractivity contribution in [3.05, 3.63) is 11.5 Å². The van der Waals surface area contributed by atoms with Gasteiger partial charge in [-0.05, 0) is 12.3 Å². The Morgan fingerprint density at radius 1 is 1.00 bits per heavy atom. The van der Waals surface area contributed by atoms with Gasteiger partial charge in [0, 0.05) is 5.41 Å². The summed E-state index contributed by atoms with van der Waals surface area (Å²) in [6.45, 7) is 4.17. The average molecular weight is 298 g/mol. The molecule has 0 bridgehead atoms. The summed E-state index contributed by atoms with van der Waals surface area (Å²) in [5.41, 5.74) is 0. The summed E-state index contributed by atoms with van der Waals surface area (Å²) in [5.74, 6) is 0.175. The summed E-state index contributed by atoms with van der Waals surface area (Å²) in [6, 6.07) is 0. The zero-order chi connectivity index (χ0) is 13.9. The molecule has 0 aromatic heterocycles. The predicted octanol–water partition coefficient (Wildman–Crippen LogP) is 1.22. The van der Waals surface area contributed by atoms with Crippen molar-refractivity contribution in [1.29, 1.82) is 0 Å². The van der Waals surface area contributed by atoms with Gasteiger partial charge in [-0.3, -0.25) is 0 Å². The molecule has 0 N–H and O–H groups in total. The van der Waals surface area contributed by atoms with E-state index in [0.29, 0.717) is 0 Å². The molecular weight excluding hydrogens is 271 g/mol. The normalized spacial score (nSPS) is 13.4. The molecule has 0 fully saturated rings. The van der Waals surface area contributed by atoms with Crippen molar-refractivity contribution in [1.82, 2.24) is 0 Å². The molecule has 5 heteroatoms. The van der Waals surface area contributed by atoms with E-state index in [1.165, 1.54) is 51.0 Å². The third kappa shape index (κ3) is 18.6. The molecule has 0 saturated heterocycles. The van der Waals surface area contributed by atoms with Crippen LogP contribution >= 0.6 is 0 Å². The number of unbranched alkanes of at least 4 members (excludes halogenated alkanes) is 7. The van der Waals surface area contributed by atoms with Crippen LogP contribution in [0.4, 0.5) is 0 Å². The van der Waals surface area contributed by atoms with E-state index in [2.05, 4.69) is 6.92 Å². The van der Waals surface area contributed by atoms with E-state index in [4.69, 9.17) is 0 Å². The summed E-state index contributed by atoms with van der Waals surface area (Å²) in [4.78, 5) is 0. The molecule has 0 amide bonds. The Balaban J connectivity index is 0. The van der Waals surface area contributed by atoms with Crippen molar-refractivity contribution in [2.45, 2.75) is 71.6 Å². The van der Waals surface area contributed by atoms with E-state index >= 15 is 0 Å². The Morgan fingerprint density at radius 2 is 1.47 bits per heavy atom. The van der Waals surface area contributed by atoms with Gasteiger partial charge in [0.1, 0.15) is 10.1 Å². The van der Waals surface area contributed by atoms with Crippen LogP contribution in [0.25, 0.3) is 0 Å². The Kier molecular flexibility index (Phi) is 15.7. The molecule has 0 aliphatic carbocycles. The zero-order valence-electron chi connectivity index (χ0n) is 12.7. The monoisotopic (exact) mass is 298 g/mol. The van der Waals surface area contributed by atoms with Crippen LogP contribution in [0.15, 0.2) is 11.5 Å². The molecule has 0 aliphatic heterocycles. The first-order valence-electron chi connectivity index (χ1n) is 7.10. The van der Waals surface area contributed by atoms with Crippen LogP contribution < -0.4 is 29.6 Å². The number of hydrogen-bond acceptors (Lipinski definition) is 3. The third-order valence-corrected chi connectivity index (χ3v) is 3.58. The smallest absolute Gasteiger partial charge is 0.744 e. The van der Waals surface area contributed by atoms with Gasteiger partial charge in [0.2, 0.25) is 0 Å². The maximum atomic E-state index is 10.4. The Morgan fingerprint density at radius 3 is 1.95 bits per heavy atom. The fourth-order valence-corrected chi connectivity index (χ4v) is 2.39. The van der Waals surface area contributed by atoms with Crippen molar-refractivity contribution >= 4 is 10.1 Å². The molecule has 1 atom stereocenters. The van der Waals surface area contributed by atoms with Crippen LogP contribution in [0.2, 0.25) is 0 Å². The molecule has 0 radical (unpaired) electrons. The first-order valence-corrected chi connectivity index (χ1v) is 8.57. The minimum absolute atomic E-state index is 0. The summed E-state index contributed by atoms with van der Waals surface area (Å²) >= 11 is 0. The molecule has 108 valence electrons. The van der Waals surface area contributed by atoms with Gasteiger partial charge in [0.05, 0.1) is 0 Å². The maximum Gasteiger partial charge on any atom is 1.00 e. The number of hydrogen-bond donors (Lipinski definition) is 0. The summed E-state index contributed by atoms with van der Waals surface area (Å²) in [5, 5.41) is 0.780. The third-order valence-electron chi connectivity index (χ3n) is 3.09. The first kappa shape index (κ1) is 21.9. The summed E-state index contributed by atoms with van der Waals surface area (Å²) < 4.78 is 31.2. The second-order valence-corrected chi connectivity index (χ2v) is 6.32. The minimum atomic E-state index is -4.20. The molecule has 19 heavy (non-hydrogen) atoms. The topological polar surface area (TPSA) is 57.2 Å². The van der Waals surface area contributed by atoms with Gasteiger partial charge in [-0.2, -0.15) is 0 Å². The van der Waals surface area contributed by atoms with Crippen molar-refractivity contribution in [3.63, 3.8) is 0 Å². The molecule has 0 spiro atoms. The van der Waals surface area contributed by atoms with Gasteiger partial charge in [-0.15, -0.1) is 0 Å². The van der Waals surface area contributed by atoms with Gasteiger partial charge >= 0.3 is 29.6 Å². The summed E-state index contributed by atoms with van der Waals surface area (Å²) in [6.07, 6.45) is 12.6. The van der Waals surface area contributed by atoms with Gasteiger partial charge in [-0.1, -0.05) is 71.3 Å². The molecule has 0 aromatic rings. The fraction of sp³-hybridized carbons (Fsp3) is 0.857. The van der Waals surface area contributed by atoms with E-state index < -0.39 is 10.1 Å². The number of allylic oxidation sites excluding steroid dienone is 1. The largest absolute Gasteiger partial charge is 1.00 e. The van der Waals surface area contributed by atoms with Crippen molar-refractivity contribution in [2.24, 2.45) is 5.92 Å². The predicted molar refractivity (Wildman–Crippen MR) is 75.2 cm³/mol. The van der Waals surface area contributed by atoms with Crippen LogP contribution in [0, 0.1) is 5.92 Å². The van der Waals surface area contributed by atoms with Crippen LogP contribution in [-0.2, 0) is 10.1 Å². The van der Waals surface area contributed by atoms with Crippen LogP contribution in [0.1, 0.15) is 71.6 Å². The molecular formula is C14H27NaO3S. The Hall–Kier alpha value is 0.650. The van der Waals surface area contributed by atoms with Gasteiger partial charge < -0.3 is 4.55 Å². The molecule has 3 nitrogen and oxygen atoms in total. The van der Waals surface area contributed by atoms with E-state index in [0.717, 1.165) is 18.2 Å². The molecule has 0 aromatic carbocycles. The Labute approximate surface area is 141 Å². The van der Waals surface area contributed by atoms with Gasteiger partial charge in [-0.25, -0.2) is 8.42 Å². The van der Waals surface area contributed by atoms with Crippen LogP contribution in [-0.4, -0.2) is 13.0 Å². The fourth-order valence-electron chi connectivity index (χ4n) is 1.93. The quantitative estimate of drug-likeness (QED) is 0.327. The van der Waals surface area contributed by atoms with Crippen molar-refractivity contribution in [2.75, 3.05) is 0 Å². The molecule has 0 rings (SSSR count). The van der Waals surface area contributed by atoms with Gasteiger partial charge in [0.25, 0.3) is 0 Å². The number of rotatable bonds is 11. The first-order chi connectivity index (χ1) is 8.45. The molecule has 0 heterocycles. The van der Waals surface area contributed by atoms with Crippen LogP contribution in [0.5, 0.6) is 0 Å². The average Bonchev–Trinajstić information content (AvgIpc) is 2.29. The van der Waals surface area contributed by atoms with E-state index in [9.17, 15) is 13.0 Å². The van der Waals surface area contributed by atoms with Crippen molar-refractivity contribution in [3.8, 4) is 0 Å². The standard InChI is InChI=1S/C14H28O3S.Na/c1-3-4-5-6-7-8-9-10-11-14(2)12-13-18(15,16)17;/h12-14H,3-11H2,1-2H3,(H,15,16,17);/q;+1/p-1. The maximum absolute atomic E-state index is 10.4. The van der Waals surface area contributed by atoms with Crippen molar-refractivity contribution < 1.29 is 42.5 Å². The molecule has 0 aliphatic rings. The second kappa shape index (κ2) is 13.6. The van der Waals surface area contributed by atoms with E-state index in [-0.39, 0.29) is 35.5 Å². The van der Waals surface area contributed by atoms with Gasteiger partial charge in [0.15, 0.2) is 0 Å². The summed E-state index contributed by atoms with van der Waals surface area (Å²) in [7, 11) is -4.20. The van der Waals surface area contributed by atoms with E-state index in [1.807, 2.05) is 6.92 Å². The minimum Gasteiger partial charge on any atom is -0.744 e. The van der Waals surface area contributed by atoms with E-state index in [1.54, 1.807) is 0 Å². The SMILES string of the molecule is CCCCCCCCCCC(C)C=CS(=O)(=O)[O-].[Na+]. The molecule has 1 unspecified atom stereocenters. The second-order valence-electron chi connectivity index (χ2n) is 5.06. The Bertz CT molecular complexity index is 313. The van der Waals surface area contributed by atoms with Crippen LogP contribution in [0.3, 0.4) is 0 Å². The molecule has 0 saturated carbocycles.